The topological polar surface area (TPSA) is 134 Å². The Balaban J connectivity index is 0.000000269. The van der Waals surface area contributed by atoms with Gasteiger partial charge in [-0.3, -0.25) is 24.5 Å². The van der Waals surface area contributed by atoms with Gasteiger partial charge >= 0.3 is 6.09 Å². The van der Waals surface area contributed by atoms with E-state index in [-0.39, 0.29) is 24.2 Å². The molecule has 9 nitrogen and oxygen atoms in total. The Kier molecular flexibility index (Phi) is 12.2. The molecule has 11 heteroatoms. The van der Waals surface area contributed by atoms with Crippen LogP contribution in [0.15, 0.2) is 57.5 Å². The predicted molar refractivity (Wildman–Crippen MR) is 155 cm³/mol. The van der Waals surface area contributed by atoms with Gasteiger partial charge in [0.15, 0.2) is 0 Å². The molecule has 0 bridgehead atoms. The highest BCUT2D eigenvalue weighted by atomic mass is 79.9. The van der Waals surface area contributed by atoms with E-state index in [2.05, 4.69) is 37.2 Å². The molecule has 40 heavy (non-hydrogen) atoms. The lowest BCUT2D eigenvalue weighted by atomic mass is 9.89. The average molecular weight is 677 g/mol. The number of benzene rings is 2. The van der Waals surface area contributed by atoms with Crippen LogP contribution in [0.5, 0.6) is 0 Å². The zero-order chi connectivity index (χ0) is 30.0. The second-order valence-electron chi connectivity index (χ2n) is 9.97. The van der Waals surface area contributed by atoms with Crippen molar-refractivity contribution in [3.8, 4) is 6.07 Å². The molecular weight excluding hydrogens is 646 g/mol. The highest BCUT2D eigenvalue weighted by Gasteiger charge is 2.41. The van der Waals surface area contributed by atoms with Crippen LogP contribution in [0.1, 0.15) is 76.3 Å². The highest BCUT2D eigenvalue weighted by molar-refractivity contribution is 9.10. The van der Waals surface area contributed by atoms with Crippen molar-refractivity contribution in [1.29, 1.82) is 5.26 Å². The first kappa shape index (κ1) is 32.8. The molecule has 0 aromatic heterocycles. The van der Waals surface area contributed by atoms with Crippen molar-refractivity contribution in [3.05, 3.63) is 68.6 Å². The van der Waals surface area contributed by atoms with Crippen molar-refractivity contribution in [2.75, 3.05) is 0 Å². The number of nitrogens with zero attached hydrogens (tertiary/aromatic N) is 2. The second-order valence-corrected chi connectivity index (χ2v) is 11.8. The fourth-order valence-electron chi connectivity index (χ4n) is 3.99. The molecule has 1 N–H and O–H groups in total. The minimum Gasteiger partial charge on any atom is -0.443 e. The van der Waals surface area contributed by atoms with Gasteiger partial charge in [0, 0.05) is 28.7 Å². The quantitative estimate of drug-likeness (QED) is 0.379. The number of carbonyl (C=O) groups is 5. The maximum atomic E-state index is 12.5. The molecular formula is C29H31Br2N3O6. The number of ether oxygens (including phenoxy) is 1. The van der Waals surface area contributed by atoms with Crippen LogP contribution in [-0.2, 0) is 23.9 Å². The van der Waals surface area contributed by atoms with Gasteiger partial charge in [-0.05, 0) is 69.0 Å². The Morgan fingerprint density at radius 3 is 1.80 bits per heavy atom. The third-order valence-electron chi connectivity index (χ3n) is 5.77. The van der Waals surface area contributed by atoms with Gasteiger partial charge in [0.2, 0.25) is 23.6 Å². The van der Waals surface area contributed by atoms with E-state index in [9.17, 15) is 24.0 Å². The summed E-state index contributed by atoms with van der Waals surface area (Å²) in [4.78, 5) is 59.8. The Bertz CT molecular complexity index is 1280. The minimum atomic E-state index is -0.899. The normalized spacial score (nSPS) is 18.8. The summed E-state index contributed by atoms with van der Waals surface area (Å²) >= 11 is 6.68. The van der Waals surface area contributed by atoms with Crippen LogP contribution in [0, 0.1) is 11.3 Å². The molecule has 2 aromatic carbocycles. The smallest absolute Gasteiger partial charge is 0.424 e. The third-order valence-corrected chi connectivity index (χ3v) is 6.83. The largest absolute Gasteiger partial charge is 0.443 e. The van der Waals surface area contributed by atoms with E-state index in [1.165, 1.54) is 6.92 Å². The Hall–Kier alpha value is -3.36. The van der Waals surface area contributed by atoms with Crippen molar-refractivity contribution in [3.63, 3.8) is 0 Å². The number of hydrogen-bond donors (Lipinski definition) is 1. The molecule has 0 spiro atoms. The molecule has 0 aliphatic carbocycles. The molecule has 2 aliphatic rings. The Labute approximate surface area is 250 Å². The SMILES string of the molecule is CC#N.CC(C)(C)OC(=O)N1C(=O)CCC(c2ccc(Br)cc2)C1=O.O=C1CCC(c2ccc(Br)cc2)C(=O)N1. The maximum Gasteiger partial charge on any atom is 0.424 e. The van der Waals surface area contributed by atoms with E-state index in [0.29, 0.717) is 24.2 Å². The second kappa shape index (κ2) is 14.9. The van der Waals surface area contributed by atoms with E-state index in [0.717, 1.165) is 20.1 Å². The average Bonchev–Trinajstić information content (AvgIpc) is 2.86. The van der Waals surface area contributed by atoms with Gasteiger partial charge in [-0.15, -0.1) is 0 Å². The number of nitrogens with one attached hydrogen (secondary N) is 1. The summed E-state index contributed by atoms with van der Waals surface area (Å²) in [5.41, 5.74) is 0.986. The lowest BCUT2D eigenvalue weighted by Gasteiger charge is -2.31. The van der Waals surface area contributed by atoms with Crippen LogP contribution in [0.4, 0.5) is 4.79 Å². The fourth-order valence-corrected chi connectivity index (χ4v) is 4.52. The van der Waals surface area contributed by atoms with Gasteiger partial charge in [0.25, 0.3) is 0 Å². The highest BCUT2D eigenvalue weighted by Crippen LogP contribution is 2.31. The van der Waals surface area contributed by atoms with E-state index in [4.69, 9.17) is 10.00 Å². The number of nitriles is 1. The first-order valence-corrected chi connectivity index (χ1v) is 14.1. The summed E-state index contributed by atoms with van der Waals surface area (Å²) in [6.45, 7) is 6.50. The summed E-state index contributed by atoms with van der Waals surface area (Å²) in [7, 11) is 0. The van der Waals surface area contributed by atoms with Crippen LogP contribution < -0.4 is 5.32 Å². The van der Waals surface area contributed by atoms with Crippen molar-refractivity contribution >= 4 is 61.6 Å². The summed E-state index contributed by atoms with van der Waals surface area (Å²) in [6, 6.07) is 16.7. The van der Waals surface area contributed by atoms with Gasteiger partial charge in [0.1, 0.15) is 5.60 Å². The fraction of sp³-hybridized carbons (Fsp3) is 0.379. The van der Waals surface area contributed by atoms with E-state index < -0.39 is 29.4 Å². The first-order chi connectivity index (χ1) is 18.8. The molecule has 2 aliphatic heterocycles. The molecule has 5 amide bonds. The molecule has 212 valence electrons. The number of piperidine rings is 2. The predicted octanol–water partition coefficient (Wildman–Crippen LogP) is 6.12. The van der Waals surface area contributed by atoms with Gasteiger partial charge in [-0.1, -0.05) is 56.1 Å². The molecule has 4 rings (SSSR count). The molecule has 0 radical (unpaired) electrons. The number of imide groups is 4. The van der Waals surface area contributed by atoms with Crippen molar-refractivity contribution < 1.29 is 28.7 Å². The number of rotatable bonds is 2. The third kappa shape index (κ3) is 9.68. The number of carbonyl (C=O) groups excluding carboxylic acids is 5. The molecule has 2 unspecified atom stereocenters. The maximum absolute atomic E-state index is 12.5. The van der Waals surface area contributed by atoms with E-state index >= 15 is 0 Å². The number of hydrogen-bond acceptors (Lipinski definition) is 7. The molecule has 2 fully saturated rings. The lowest BCUT2D eigenvalue weighted by molar-refractivity contribution is -0.148. The summed E-state index contributed by atoms with van der Waals surface area (Å²) in [6.07, 6.45) is 0.674. The number of amides is 5. The van der Waals surface area contributed by atoms with Gasteiger partial charge < -0.3 is 4.74 Å². The number of likely N-dealkylation sites (tertiary alicyclic amines) is 1. The van der Waals surface area contributed by atoms with Gasteiger partial charge in [0.05, 0.1) is 17.9 Å². The molecule has 2 aromatic rings. The standard InChI is InChI=1S/C16H18BrNO4.C11H10BrNO2.C2H3N/c1-16(2,3)22-15(21)18-13(19)9-8-12(14(18)20)10-4-6-11(17)7-5-10;12-8-3-1-7(2-4-8)9-5-6-10(14)13-11(9)15;1-2-3/h4-7,12H,8-9H2,1-3H3;1-4,9H,5-6H2,(H,13,14,15);1H3. The van der Waals surface area contributed by atoms with Crippen LogP contribution in [0.25, 0.3) is 0 Å². The zero-order valence-corrected chi connectivity index (χ0v) is 25.9. The van der Waals surface area contributed by atoms with Crippen LogP contribution >= 0.6 is 31.9 Å². The zero-order valence-electron chi connectivity index (χ0n) is 22.7. The van der Waals surface area contributed by atoms with E-state index in [1.54, 1.807) is 26.8 Å². The summed E-state index contributed by atoms with van der Waals surface area (Å²) in [5, 5.41) is 9.67. The lowest BCUT2D eigenvalue weighted by Crippen LogP contribution is -2.49. The summed E-state index contributed by atoms with van der Waals surface area (Å²) < 4.78 is 7.05. The van der Waals surface area contributed by atoms with Crippen LogP contribution in [0.3, 0.4) is 0 Å². The minimum absolute atomic E-state index is 0.145. The molecule has 2 heterocycles. The van der Waals surface area contributed by atoms with Crippen molar-refractivity contribution in [1.82, 2.24) is 10.2 Å². The Morgan fingerprint density at radius 1 is 0.900 bits per heavy atom. The number of halogens is 2. The molecule has 2 atom stereocenters. The van der Waals surface area contributed by atoms with Crippen molar-refractivity contribution in [2.24, 2.45) is 0 Å². The Morgan fingerprint density at radius 2 is 1.35 bits per heavy atom. The summed E-state index contributed by atoms with van der Waals surface area (Å²) in [5.74, 6) is -2.07. The van der Waals surface area contributed by atoms with Gasteiger partial charge in [-0.25, -0.2) is 4.79 Å². The molecule has 2 saturated heterocycles. The van der Waals surface area contributed by atoms with E-state index in [1.807, 2.05) is 48.5 Å². The molecule has 0 saturated carbocycles. The first-order valence-electron chi connectivity index (χ1n) is 12.5. The van der Waals surface area contributed by atoms with Crippen LogP contribution in [-0.4, -0.2) is 40.2 Å². The van der Waals surface area contributed by atoms with Gasteiger partial charge in [-0.2, -0.15) is 10.2 Å². The van der Waals surface area contributed by atoms with Crippen molar-refractivity contribution in [2.45, 2.75) is 70.8 Å². The monoisotopic (exact) mass is 675 g/mol. The van der Waals surface area contributed by atoms with Crippen LogP contribution in [0.2, 0.25) is 0 Å².